The van der Waals surface area contributed by atoms with Gasteiger partial charge in [0.25, 0.3) is 0 Å². The number of aldehydes is 1. The Hall–Kier alpha value is -1.13. The highest BCUT2D eigenvalue weighted by atomic mass is 79.9. The Kier molecular flexibility index (Phi) is 2.65. The summed E-state index contributed by atoms with van der Waals surface area (Å²) in [6.07, 6.45) is 4.53. The van der Waals surface area contributed by atoms with Crippen molar-refractivity contribution in [1.29, 1.82) is 0 Å². The van der Waals surface area contributed by atoms with E-state index in [1.807, 2.05) is 41.6 Å². The molecule has 1 unspecified atom stereocenters. The normalized spacial score (nSPS) is 20.1. The number of hydrazine groups is 1. The van der Waals surface area contributed by atoms with E-state index < -0.39 is 0 Å². The van der Waals surface area contributed by atoms with Crippen LogP contribution < -0.4 is 10.4 Å². The fraction of sp³-hybridized carbons (Fsp3) is 0.100. The first-order valence-corrected chi connectivity index (χ1v) is 5.03. The predicted octanol–water partition coefficient (Wildman–Crippen LogP) is 1.85. The first kappa shape index (κ1) is 9.43. The smallest absolute Gasteiger partial charge is 0.142 e. The molecule has 2 rings (SSSR count). The molecule has 0 saturated carbocycles. The lowest BCUT2D eigenvalue weighted by Crippen LogP contribution is -2.35. The van der Waals surface area contributed by atoms with Crippen LogP contribution in [0, 0.1) is 0 Å². The second kappa shape index (κ2) is 3.94. The minimum absolute atomic E-state index is 0.210. The highest BCUT2D eigenvalue weighted by Crippen LogP contribution is 2.19. The molecular weight excluding hydrogens is 244 g/mol. The molecule has 1 aliphatic rings. The number of rotatable bonds is 2. The van der Waals surface area contributed by atoms with E-state index in [4.69, 9.17) is 0 Å². The van der Waals surface area contributed by atoms with Gasteiger partial charge in [-0.2, -0.15) is 0 Å². The van der Waals surface area contributed by atoms with Crippen LogP contribution in [0.4, 0.5) is 5.69 Å². The second-order valence-corrected chi connectivity index (χ2v) is 3.89. The lowest BCUT2D eigenvalue weighted by molar-refractivity contribution is -0.108. The van der Waals surface area contributed by atoms with Crippen LogP contribution in [0.5, 0.6) is 0 Å². The van der Waals surface area contributed by atoms with Gasteiger partial charge in [0.2, 0.25) is 0 Å². The summed E-state index contributed by atoms with van der Waals surface area (Å²) < 4.78 is 1.04. The second-order valence-electron chi connectivity index (χ2n) is 2.98. The summed E-state index contributed by atoms with van der Waals surface area (Å²) >= 11 is 3.37. The monoisotopic (exact) mass is 252 g/mol. The van der Waals surface area contributed by atoms with Crippen LogP contribution in [0.25, 0.3) is 0 Å². The fourth-order valence-corrected chi connectivity index (χ4v) is 1.53. The van der Waals surface area contributed by atoms with Gasteiger partial charge in [-0.25, -0.2) is 5.43 Å². The lowest BCUT2D eigenvalue weighted by atomic mass is 10.3. The Balaban J connectivity index is 2.14. The largest absolute Gasteiger partial charge is 0.301 e. The highest BCUT2D eigenvalue weighted by Gasteiger charge is 2.14. The molecule has 0 radical (unpaired) electrons. The van der Waals surface area contributed by atoms with Crippen molar-refractivity contribution in [3.8, 4) is 0 Å². The van der Waals surface area contributed by atoms with Gasteiger partial charge in [0.1, 0.15) is 12.3 Å². The number of halogens is 1. The molecular formula is C10H9BrN2O. The van der Waals surface area contributed by atoms with E-state index in [-0.39, 0.29) is 6.04 Å². The van der Waals surface area contributed by atoms with Gasteiger partial charge in [0, 0.05) is 10.7 Å². The maximum Gasteiger partial charge on any atom is 0.142 e. The van der Waals surface area contributed by atoms with Gasteiger partial charge in [0.15, 0.2) is 0 Å². The number of hydrogen-bond acceptors (Lipinski definition) is 3. The van der Waals surface area contributed by atoms with E-state index in [0.29, 0.717) is 0 Å². The Morgan fingerprint density at radius 1 is 1.36 bits per heavy atom. The number of carbonyl (C=O) groups is 1. The Morgan fingerprint density at radius 3 is 2.64 bits per heavy atom. The van der Waals surface area contributed by atoms with Crippen molar-refractivity contribution in [2.75, 3.05) is 5.01 Å². The quantitative estimate of drug-likeness (QED) is 0.816. The summed E-state index contributed by atoms with van der Waals surface area (Å²) in [5.41, 5.74) is 4.02. The van der Waals surface area contributed by atoms with Crippen LogP contribution >= 0.6 is 15.9 Å². The molecule has 1 N–H and O–H groups in total. The van der Waals surface area contributed by atoms with Crippen LogP contribution in [-0.2, 0) is 4.79 Å². The summed E-state index contributed by atoms with van der Waals surface area (Å²) in [5, 5.41) is 1.82. The van der Waals surface area contributed by atoms with Crippen LogP contribution in [0.1, 0.15) is 0 Å². The molecule has 0 fully saturated rings. The van der Waals surface area contributed by atoms with Crippen molar-refractivity contribution in [3.05, 3.63) is 41.0 Å². The van der Waals surface area contributed by atoms with Crippen molar-refractivity contribution in [2.45, 2.75) is 6.04 Å². The number of anilines is 1. The molecule has 0 aromatic heterocycles. The molecule has 4 heteroatoms. The number of carbonyl (C=O) groups excluding carboxylic acids is 1. The molecule has 1 atom stereocenters. The molecule has 0 aliphatic carbocycles. The molecule has 3 nitrogen and oxygen atoms in total. The standard InChI is InChI=1S/C10H9BrN2O/c11-8-1-3-10(4-2-8)13-6-5-9(7-14)12-13/h1-7,9,12H. The average molecular weight is 253 g/mol. The molecule has 1 heterocycles. The van der Waals surface area contributed by atoms with Crippen LogP contribution in [-0.4, -0.2) is 12.3 Å². The maximum absolute atomic E-state index is 10.5. The molecule has 1 aliphatic heterocycles. The number of benzene rings is 1. The summed E-state index contributed by atoms with van der Waals surface area (Å²) in [5.74, 6) is 0. The van der Waals surface area contributed by atoms with Crippen LogP contribution in [0.2, 0.25) is 0 Å². The first-order valence-electron chi connectivity index (χ1n) is 4.24. The van der Waals surface area contributed by atoms with E-state index in [1.54, 1.807) is 0 Å². The van der Waals surface area contributed by atoms with Crippen molar-refractivity contribution < 1.29 is 4.79 Å². The molecule has 0 amide bonds. The number of nitrogens with zero attached hydrogens (tertiary/aromatic N) is 1. The Morgan fingerprint density at radius 2 is 2.07 bits per heavy atom. The van der Waals surface area contributed by atoms with E-state index >= 15 is 0 Å². The maximum atomic E-state index is 10.5. The molecule has 0 spiro atoms. The minimum atomic E-state index is -0.210. The summed E-state index contributed by atoms with van der Waals surface area (Å²) in [4.78, 5) is 10.5. The molecule has 14 heavy (non-hydrogen) atoms. The third-order valence-corrected chi connectivity index (χ3v) is 2.51. The third-order valence-electron chi connectivity index (χ3n) is 1.98. The van der Waals surface area contributed by atoms with Crippen molar-refractivity contribution in [3.63, 3.8) is 0 Å². The van der Waals surface area contributed by atoms with E-state index in [2.05, 4.69) is 21.4 Å². The zero-order chi connectivity index (χ0) is 9.97. The molecule has 72 valence electrons. The summed E-state index contributed by atoms with van der Waals surface area (Å²) in [6.45, 7) is 0. The zero-order valence-electron chi connectivity index (χ0n) is 7.35. The van der Waals surface area contributed by atoms with Gasteiger partial charge in [-0.1, -0.05) is 15.9 Å². The molecule has 0 saturated heterocycles. The van der Waals surface area contributed by atoms with Gasteiger partial charge >= 0.3 is 0 Å². The fourth-order valence-electron chi connectivity index (χ4n) is 1.26. The SMILES string of the molecule is O=CC1C=CN(c2ccc(Br)cc2)N1. The van der Waals surface area contributed by atoms with Gasteiger partial charge in [-0.05, 0) is 30.3 Å². The minimum Gasteiger partial charge on any atom is -0.301 e. The molecule has 1 aromatic carbocycles. The Labute approximate surface area is 90.5 Å². The summed E-state index contributed by atoms with van der Waals surface area (Å²) in [6, 6.07) is 7.64. The van der Waals surface area contributed by atoms with Crippen molar-refractivity contribution in [2.24, 2.45) is 0 Å². The van der Waals surface area contributed by atoms with Gasteiger partial charge in [-0.15, -0.1) is 0 Å². The van der Waals surface area contributed by atoms with E-state index in [1.165, 1.54) is 0 Å². The van der Waals surface area contributed by atoms with E-state index in [0.717, 1.165) is 16.4 Å². The van der Waals surface area contributed by atoms with Gasteiger partial charge in [0.05, 0.1) is 5.69 Å². The van der Waals surface area contributed by atoms with Crippen molar-refractivity contribution in [1.82, 2.24) is 5.43 Å². The third kappa shape index (κ3) is 1.86. The van der Waals surface area contributed by atoms with Gasteiger partial charge in [-0.3, -0.25) is 5.01 Å². The van der Waals surface area contributed by atoms with Gasteiger partial charge < -0.3 is 4.79 Å². The average Bonchev–Trinajstić information content (AvgIpc) is 2.67. The molecule has 1 aromatic rings. The summed E-state index contributed by atoms with van der Waals surface area (Å²) in [7, 11) is 0. The topological polar surface area (TPSA) is 32.3 Å². The first-order chi connectivity index (χ1) is 6.79. The van der Waals surface area contributed by atoms with Crippen LogP contribution in [0.3, 0.4) is 0 Å². The lowest BCUT2D eigenvalue weighted by Gasteiger charge is -2.17. The molecule has 0 bridgehead atoms. The predicted molar refractivity (Wildman–Crippen MR) is 58.7 cm³/mol. The van der Waals surface area contributed by atoms with Crippen LogP contribution in [0.15, 0.2) is 41.0 Å². The number of nitrogens with one attached hydrogen (secondary N) is 1. The Bertz CT molecular complexity index is 361. The number of hydrogen-bond donors (Lipinski definition) is 1. The van der Waals surface area contributed by atoms with E-state index in [9.17, 15) is 4.79 Å². The highest BCUT2D eigenvalue weighted by molar-refractivity contribution is 9.10. The zero-order valence-corrected chi connectivity index (χ0v) is 8.94. The van der Waals surface area contributed by atoms with Crippen molar-refractivity contribution >= 4 is 27.9 Å².